The lowest BCUT2D eigenvalue weighted by atomic mass is 10.0. The van der Waals surface area contributed by atoms with Crippen molar-refractivity contribution in [1.29, 1.82) is 0 Å². The predicted molar refractivity (Wildman–Crippen MR) is 92.2 cm³/mol. The second-order valence-electron chi connectivity index (χ2n) is 6.91. The van der Waals surface area contributed by atoms with E-state index in [1.807, 2.05) is 0 Å². The first-order chi connectivity index (χ1) is 12.1. The molecule has 2 saturated heterocycles. The molecule has 0 bridgehead atoms. The van der Waals surface area contributed by atoms with E-state index >= 15 is 0 Å². The Kier molecular flexibility index (Phi) is 4.07. The number of carbonyl (C=O) groups excluding carboxylic acids is 3. The van der Waals surface area contributed by atoms with Crippen LogP contribution in [0.3, 0.4) is 0 Å². The number of anilines is 1. The van der Waals surface area contributed by atoms with Crippen molar-refractivity contribution in [3.05, 3.63) is 29.8 Å². The average Bonchev–Trinajstić information content (AvgIpc) is 3.04. The summed E-state index contributed by atoms with van der Waals surface area (Å²) in [6.45, 7) is 2.36. The lowest BCUT2D eigenvalue weighted by molar-refractivity contribution is -0.137. The first kappa shape index (κ1) is 15.9. The third-order valence-electron chi connectivity index (χ3n) is 5.39. The molecule has 3 heterocycles. The number of likely N-dealkylation sites (tertiary alicyclic amines) is 1. The van der Waals surface area contributed by atoms with E-state index in [0.717, 1.165) is 25.8 Å². The third-order valence-corrected chi connectivity index (χ3v) is 5.39. The van der Waals surface area contributed by atoms with E-state index in [-0.39, 0.29) is 12.3 Å². The fourth-order valence-corrected chi connectivity index (χ4v) is 4.12. The minimum Gasteiger partial charge on any atom is -0.368 e. The maximum absolute atomic E-state index is 12.6. The number of piperidine rings is 1. The molecule has 0 aromatic heterocycles. The zero-order chi connectivity index (χ0) is 17.4. The van der Waals surface area contributed by atoms with Crippen LogP contribution in [0.15, 0.2) is 24.3 Å². The number of rotatable bonds is 2. The molecular weight excluding hydrogens is 320 g/mol. The Hall–Kier alpha value is -2.57. The standard InChI is InChI=1S/C18H22N4O3/c23-16-11-14(19-18(25)20-16)17(24)21-8-6-13(7-9-21)22-10-5-12-3-1-2-4-15(12)22/h1-4,13-14H,5-11H2,(H2,19,20,23,25)/t14-/m0/s1. The normalized spacial score (nSPS) is 23.9. The van der Waals surface area contributed by atoms with Gasteiger partial charge < -0.3 is 15.1 Å². The number of fused-ring (bicyclic) bond motifs is 1. The molecule has 0 spiro atoms. The number of hydrogen-bond acceptors (Lipinski definition) is 4. The van der Waals surface area contributed by atoms with Crippen molar-refractivity contribution >= 4 is 23.5 Å². The van der Waals surface area contributed by atoms with Gasteiger partial charge in [0.2, 0.25) is 11.8 Å². The molecule has 3 aliphatic heterocycles. The summed E-state index contributed by atoms with van der Waals surface area (Å²) in [6, 6.07) is 7.64. The summed E-state index contributed by atoms with van der Waals surface area (Å²) in [5.74, 6) is -0.547. The second-order valence-corrected chi connectivity index (χ2v) is 6.91. The Labute approximate surface area is 146 Å². The maximum Gasteiger partial charge on any atom is 0.322 e. The van der Waals surface area contributed by atoms with E-state index in [2.05, 4.69) is 39.8 Å². The van der Waals surface area contributed by atoms with Crippen LogP contribution in [-0.2, 0) is 16.0 Å². The summed E-state index contributed by atoms with van der Waals surface area (Å²) in [5.41, 5.74) is 2.72. The van der Waals surface area contributed by atoms with Crippen LogP contribution in [-0.4, -0.2) is 54.5 Å². The number of nitrogens with one attached hydrogen (secondary N) is 2. The molecular formula is C18H22N4O3. The molecule has 0 unspecified atom stereocenters. The summed E-state index contributed by atoms with van der Waals surface area (Å²) in [7, 11) is 0. The molecule has 0 aliphatic carbocycles. The van der Waals surface area contributed by atoms with Gasteiger partial charge in [-0.15, -0.1) is 0 Å². The minimum atomic E-state index is -0.731. The number of benzene rings is 1. The Morgan fingerprint density at radius 3 is 2.60 bits per heavy atom. The summed E-state index contributed by atoms with van der Waals surface area (Å²) in [6.07, 6.45) is 2.92. The van der Waals surface area contributed by atoms with E-state index in [4.69, 9.17) is 0 Å². The topological polar surface area (TPSA) is 81.8 Å². The van der Waals surface area contributed by atoms with Gasteiger partial charge in [0.1, 0.15) is 6.04 Å². The number of carbonyl (C=O) groups is 3. The Morgan fingerprint density at radius 1 is 1.08 bits per heavy atom. The van der Waals surface area contributed by atoms with Crippen LogP contribution < -0.4 is 15.5 Å². The van der Waals surface area contributed by atoms with Gasteiger partial charge in [-0.05, 0) is 30.9 Å². The van der Waals surface area contributed by atoms with Crippen molar-refractivity contribution in [2.75, 3.05) is 24.5 Å². The molecule has 7 heteroatoms. The third kappa shape index (κ3) is 3.06. The molecule has 4 rings (SSSR count). The molecule has 2 fully saturated rings. The van der Waals surface area contributed by atoms with E-state index in [1.165, 1.54) is 11.3 Å². The monoisotopic (exact) mass is 342 g/mol. The molecule has 1 aromatic carbocycles. The summed E-state index contributed by atoms with van der Waals surface area (Å²) in [4.78, 5) is 39.7. The molecule has 25 heavy (non-hydrogen) atoms. The van der Waals surface area contributed by atoms with Crippen molar-refractivity contribution < 1.29 is 14.4 Å². The van der Waals surface area contributed by atoms with Gasteiger partial charge >= 0.3 is 6.03 Å². The average molecular weight is 342 g/mol. The highest BCUT2D eigenvalue weighted by atomic mass is 16.2. The van der Waals surface area contributed by atoms with Gasteiger partial charge in [0.15, 0.2) is 0 Å². The highest BCUT2D eigenvalue weighted by molar-refractivity contribution is 6.02. The van der Waals surface area contributed by atoms with Crippen LogP contribution >= 0.6 is 0 Å². The van der Waals surface area contributed by atoms with Gasteiger partial charge in [-0.3, -0.25) is 14.9 Å². The quantitative estimate of drug-likeness (QED) is 0.826. The number of para-hydroxylation sites is 1. The summed E-state index contributed by atoms with van der Waals surface area (Å²) < 4.78 is 0. The van der Waals surface area contributed by atoms with Gasteiger partial charge in [0.05, 0.1) is 6.42 Å². The molecule has 1 atom stereocenters. The highest BCUT2D eigenvalue weighted by Gasteiger charge is 2.35. The number of imide groups is 1. The van der Waals surface area contributed by atoms with E-state index in [9.17, 15) is 14.4 Å². The molecule has 1 aromatic rings. The number of amides is 4. The lowest BCUT2D eigenvalue weighted by Gasteiger charge is -2.39. The van der Waals surface area contributed by atoms with Crippen LogP contribution in [0.5, 0.6) is 0 Å². The number of urea groups is 1. The summed E-state index contributed by atoms with van der Waals surface area (Å²) >= 11 is 0. The van der Waals surface area contributed by atoms with Crippen molar-refractivity contribution in [3.63, 3.8) is 0 Å². The largest absolute Gasteiger partial charge is 0.368 e. The van der Waals surface area contributed by atoms with Crippen molar-refractivity contribution in [2.24, 2.45) is 0 Å². The molecule has 7 nitrogen and oxygen atoms in total. The van der Waals surface area contributed by atoms with Crippen molar-refractivity contribution in [2.45, 2.75) is 37.8 Å². The van der Waals surface area contributed by atoms with Gasteiger partial charge in [-0.1, -0.05) is 18.2 Å². The smallest absolute Gasteiger partial charge is 0.322 e. The number of hydrogen-bond donors (Lipinski definition) is 2. The zero-order valence-electron chi connectivity index (χ0n) is 14.0. The molecule has 4 amide bonds. The molecule has 0 saturated carbocycles. The molecule has 0 radical (unpaired) electrons. The first-order valence-electron chi connectivity index (χ1n) is 8.85. The van der Waals surface area contributed by atoms with Crippen LogP contribution in [0.25, 0.3) is 0 Å². The second kappa shape index (κ2) is 6.38. The van der Waals surface area contributed by atoms with Gasteiger partial charge in [-0.25, -0.2) is 4.79 Å². The Bertz CT molecular complexity index is 696. The van der Waals surface area contributed by atoms with Crippen LogP contribution in [0.1, 0.15) is 24.8 Å². The lowest BCUT2D eigenvalue weighted by Crippen LogP contribution is -2.59. The van der Waals surface area contributed by atoms with Crippen LogP contribution in [0, 0.1) is 0 Å². The zero-order valence-corrected chi connectivity index (χ0v) is 14.0. The van der Waals surface area contributed by atoms with Gasteiger partial charge in [-0.2, -0.15) is 0 Å². The van der Waals surface area contributed by atoms with Gasteiger partial charge in [0.25, 0.3) is 0 Å². The molecule has 3 aliphatic rings. The maximum atomic E-state index is 12.6. The Balaban J connectivity index is 1.36. The Morgan fingerprint density at radius 2 is 1.84 bits per heavy atom. The van der Waals surface area contributed by atoms with E-state index in [1.54, 1.807) is 4.90 Å². The summed E-state index contributed by atoms with van der Waals surface area (Å²) in [5, 5.41) is 4.70. The van der Waals surface area contributed by atoms with Gasteiger partial charge in [0, 0.05) is 31.4 Å². The van der Waals surface area contributed by atoms with E-state index < -0.39 is 18.0 Å². The SMILES string of the molecule is O=C1C[C@@H](C(=O)N2CCC(N3CCc4ccccc43)CC2)NC(=O)N1. The van der Waals surface area contributed by atoms with Crippen molar-refractivity contribution in [1.82, 2.24) is 15.5 Å². The van der Waals surface area contributed by atoms with Crippen molar-refractivity contribution in [3.8, 4) is 0 Å². The van der Waals surface area contributed by atoms with Crippen LogP contribution in [0.4, 0.5) is 10.5 Å². The minimum absolute atomic E-state index is 0.0179. The fourth-order valence-electron chi connectivity index (χ4n) is 4.12. The first-order valence-corrected chi connectivity index (χ1v) is 8.85. The van der Waals surface area contributed by atoms with Crippen LogP contribution in [0.2, 0.25) is 0 Å². The molecule has 132 valence electrons. The fraction of sp³-hybridized carbons (Fsp3) is 0.500. The number of nitrogens with zero attached hydrogens (tertiary/aromatic N) is 2. The highest BCUT2D eigenvalue weighted by Crippen LogP contribution is 2.32. The van der Waals surface area contributed by atoms with E-state index in [0.29, 0.717) is 19.1 Å². The molecule has 2 N–H and O–H groups in total. The predicted octanol–water partition coefficient (Wildman–Crippen LogP) is 0.638.